The van der Waals surface area contributed by atoms with Crippen LogP contribution in [0.2, 0.25) is 0 Å². The molecular formula is C15H20N2O3. The first-order valence-electron chi connectivity index (χ1n) is 7.05. The normalized spacial score (nSPS) is 24.2. The third-order valence-electron chi connectivity index (χ3n) is 4.11. The zero-order valence-corrected chi connectivity index (χ0v) is 11.7. The second-order valence-electron chi connectivity index (χ2n) is 5.60. The molecule has 5 nitrogen and oxygen atoms in total. The van der Waals surface area contributed by atoms with E-state index in [2.05, 4.69) is 6.92 Å². The number of fused-ring (bicyclic) bond motifs is 1. The molecule has 2 N–H and O–H groups in total. The van der Waals surface area contributed by atoms with Crippen LogP contribution in [0.3, 0.4) is 0 Å². The van der Waals surface area contributed by atoms with Crippen molar-refractivity contribution in [1.82, 2.24) is 4.90 Å². The maximum absolute atomic E-state index is 12.4. The number of carbonyl (C=O) groups is 1. The lowest BCUT2D eigenvalue weighted by atomic mass is 10.1. The molecule has 20 heavy (non-hydrogen) atoms. The number of amides is 1. The first-order valence-corrected chi connectivity index (χ1v) is 7.05. The van der Waals surface area contributed by atoms with Crippen molar-refractivity contribution in [2.45, 2.75) is 25.8 Å². The topological polar surface area (TPSA) is 64.8 Å². The summed E-state index contributed by atoms with van der Waals surface area (Å²) < 4.78 is 10.6. The van der Waals surface area contributed by atoms with Crippen LogP contribution >= 0.6 is 0 Å². The van der Waals surface area contributed by atoms with Crippen LogP contribution in [0.5, 0.6) is 11.5 Å². The van der Waals surface area contributed by atoms with Crippen molar-refractivity contribution in [1.29, 1.82) is 0 Å². The number of rotatable bonds is 3. The van der Waals surface area contributed by atoms with Crippen LogP contribution in [0.4, 0.5) is 0 Å². The molecule has 1 aromatic rings. The number of ether oxygens (including phenoxy) is 2. The lowest BCUT2D eigenvalue weighted by molar-refractivity contribution is -0.131. The molecule has 108 valence electrons. The number of carbonyl (C=O) groups excluding carboxylic acids is 1. The molecule has 1 fully saturated rings. The van der Waals surface area contributed by atoms with Gasteiger partial charge in [0.25, 0.3) is 0 Å². The Morgan fingerprint density at radius 1 is 1.40 bits per heavy atom. The van der Waals surface area contributed by atoms with Crippen LogP contribution in [-0.2, 0) is 11.2 Å². The largest absolute Gasteiger partial charge is 0.454 e. The third kappa shape index (κ3) is 2.45. The molecule has 2 aliphatic heterocycles. The SMILES string of the molecule is CC1CC(CN)CN1C(=O)Cc1ccc2c(c1)OCO2. The Bertz CT molecular complexity index is 518. The van der Waals surface area contributed by atoms with Gasteiger partial charge in [-0.25, -0.2) is 0 Å². The van der Waals surface area contributed by atoms with Gasteiger partial charge in [0.1, 0.15) is 0 Å². The van der Waals surface area contributed by atoms with E-state index in [0.717, 1.165) is 30.0 Å². The molecular weight excluding hydrogens is 256 g/mol. The molecule has 1 amide bonds. The van der Waals surface area contributed by atoms with Gasteiger partial charge in [0.15, 0.2) is 11.5 Å². The molecule has 1 saturated heterocycles. The number of benzene rings is 1. The molecule has 2 aliphatic rings. The summed E-state index contributed by atoms with van der Waals surface area (Å²) in [7, 11) is 0. The molecule has 3 rings (SSSR count). The average Bonchev–Trinajstić information content (AvgIpc) is 3.04. The predicted octanol–water partition coefficient (Wildman–Crippen LogP) is 1.15. The summed E-state index contributed by atoms with van der Waals surface area (Å²) in [6.07, 6.45) is 1.40. The summed E-state index contributed by atoms with van der Waals surface area (Å²) in [6.45, 7) is 3.78. The Morgan fingerprint density at radius 3 is 2.95 bits per heavy atom. The molecule has 0 radical (unpaired) electrons. The number of nitrogens with zero attached hydrogens (tertiary/aromatic N) is 1. The quantitative estimate of drug-likeness (QED) is 0.899. The van der Waals surface area contributed by atoms with E-state index >= 15 is 0 Å². The highest BCUT2D eigenvalue weighted by Gasteiger charge is 2.31. The molecule has 2 unspecified atom stereocenters. The standard InChI is InChI=1S/C15H20N2O3/c1-10-4-12(7-16)8-17(10)15(18)6-11-2-3-13-14(5-11)20-9-19-13/h2-3,5,10,12H,4,6-9,16H2,1H3. The van der Waals surface area contributed by atoms with Gasteiger partial charge in [0.2, 0.25) is 12.7 Å². The van der Waals surface area contributed by atoms with Crippen LogP contribution in [0, 0.1) is 5.92 Å². The Balaban J connectivity index is 1.67. The van der Waals surface area contributed by atoms with Gasteiger partial charge in [-0.1, -0.05) is 6.07 Å². The van der Waals surface area contributed by atoms with Gasteiger partial charge in [-0.3, -0.25) is 4.79 Å². The van der Waals surface area contributed by atoms with Crippen molar-refractivity contribution >= 4 is 5.91 Å². The predicted molar refractivity (Wildman–Crippen MR) is 74.6 cm³/mol. The Morgan fingerprint density at radius 2 is 2.20 bits per heavy atom. The first-order chi connectivity index (χ1) is 9.67. The molecule has 0 spiro atoms. The van der Waals surface area contributed by atoms with Crippen molar-refractivity contribution < 1.29 is 14.3 Å². The monoisotopic (exact) mass is 276 g/mol. The minimum absolute atomic E-state index is 0.160. The van der Waals surface area contributed by atoms with Gasteiger partial charge in [-0.05, 0) is 43.5 Å². The van der Waals surface area contributed by atoms with E-state index < -0.39 is 0 Å². The minimum atomic E-state index is 0.160. The van der Waals surface area contributed by atoms with Gasteiger partial charge in [-0.15, -0.1) is 0 Å². The van der Waals surface area contributed by atoms with E-state index in [1.54, 1.807) is 0 Å². The van der Waals surface area contributed by atoms with Gasteiger partial charge in [-0.2, -0.15) is 0 Å². The zero-order chi connectivity index (χ0) is 14.1. The van der Waals surface area contributed by atoms with E-state index in [4.69, 9.17) is 15.2 Å². The summed E-state index contributed by atoms with van der Waals surface area (Å²) in [4.78, 5) is 14.3. The lowest BCUT2D eigenvalue weighted by Gasteiger charge is -2.21. The number of hydrogen-bond donors (Lipinski definition) is 1. The highest BCUT2D eigenvalue weighted by atomic mass is 16.7. The van der Waals surface area contributed by atoms with Crippen molar-refractivity contribution in [2.24, 2.45) is 11.7 Å². The maximum atomic E-state index is 12.4. The van der Waals surface area contributed by atoms with Crippen LogP contribution in [0.25, 0.3) is 0 Å². The average molecular weight is 276 g/mol. The summed E-state index contributed by atoms with van der Waals surface area (Å²) in [5.74, 6) is 2.07. The van der Waals surface area contributed by atoms with Crippen molar-refractivity contribution in [3.63, 3.8) is 0 Å². The molecule has 1 aromatic carbocycles. The molecule has 2 atom stereocenters. The smallest absolute Gasteiger partial charge is 0.231 e. The highest BCUT2D eigenvalue weighted by Crippen LogP contribution is 2.33. The van der Waals surface area contributed by atoms with E-state index in [1.807, 2.05) is 23.1 Å². The minimum Gasteiger partial charge on any atom is -0.454 e. The van der Waals surface area contributed by atoms with Gasteiger partial charge in [0, 0.05) is 12.6 Å². The van der Waals surface area contributed by atoms with Crippen LogP contribution in [0.1, 0.15) is 18.9 Å². The van der Waals surface area contributed by atoms with E-state index in [9.17, 15) is 4.79 Å². The lowest BCUT2D eigenvalue weighted by Crippen LogP contribution is -2.35. The summed E-state index contributed by atoms with van der Waals surface area (Å²) >= 11 is 0. The fourth-order valence-corrected chi connectivity index (χ4v) is 2.99. The van der Waals surface area contributed by atoms with Crippen LogP contribution in [0.15, 0.2) is 18.2 Å². The van der Waals surface area contributed by atoms with Crippen molar-refractivity contribution in [2.75, 3.05) is 19.9 Å². The second kappa shape index (κ2) is 5.32. The third-order valence-corrected chi connectivity index (χ3v) is 4.11. The van der Waals surface area contributed by atoms with E-state index in [-0.39, 0.29) is 18.7 Å². The van der Waals surface area contributed by atoms with E-state index in [1.165, 1.54) is 0 Å². The zero-order valence-electron chi connectivity index (χ0n) is 11.7. The van der Waals surface area contributed by atoms with Gasteiger partial charge < -0.3 is 20.1 Å². The Kier molecular flexibility index (Phi) is 3.53. The Labute approximate surface area is 118 Å². The fraction of sp³-hybridized carbons (Fsp3) is 0.533. The van der Waals surface area contributed by atoms with Crippen LogP contribution in [-0.4, -0.2) is 36.7 Å². The van der Waals surface area contributed by atoms with E-state index in [0.29, 0.717) is 18.9 Å². The summed E-state index contributed by atoms with van der Waals surface area (Å²) in [5, 5.41) is 0. The molecule has 2 heterocycles. The highest BCUT2D eigenvalue weighted by molar-refractivity contribution is 5.79. The molecule has 0 aromatic heterocycles. The molecule has 0 aliphatic carbocycles. The molecule has 0 bridgehead atoms. The second-order valence-corrected chi connectivity index (χ2v) is 5.60. The fourth-order valence-electron chi connectivity index (χ4n) is 2.99. The number of hydrogen-bond acceptors (Lipinski definition) is 4. The summed E-state index contributed by atoms with van der Waals surface area (Å²) in [6, 6.07) is 5.96. The first kappa shape index (κ1) is 13.2. The van der Waals surface area contributed by atoms with Crippen molar-refractivity contribution in [3.05, 3.63) is 23.8 Å². The van der Waals surface area contributed by atoms with Gasteiger partial charge in [0.05, 0.1) is 6.42 Å². The van der Waals surface area contributed by atoms with Crippen LogP contribution < -0.4 is 15.2 Å². The molecule has 0 saturated carbocycles. The van der Waals surface area contributed by atoms with Gasteiger partial charge >= 0.3 is 0 Å². The molecule has 5 heteroatoms. The number of nitrogens with two attached hydrogens (primary N) is 1. The summed E-state index contributed by atoms with van der Waals surface area (Å²) in [5.41, 5.74) is 6.66. The maximum Gasteiger partial charge on any atom is 0.231 e. The van der Waals surface area contributed by atoms with Crippen molar-refractivity contribution in [3.8, 4) is 11.5 Å². The number of likely N-dealkylation sites (tertiary alicyclic amines) is 1. The Hall–Kier alpha value is -1.75.